The molecule has 0 heterocycles. The highest BCUT2D eigenvalue weighted by atomic mass is 16.5. The van der Waals surface area contributed by atoms with Gasteiger partial charge in [-0.25, -0.2) is 4.79 Å². The minimum absolute atomic E-state index is 0.153. The zero-order valence-electron chi connectivity index (χ0n) is 6.09. The molecule has 0 saturated carbocycles. The van der Waals surface area contributed by atoms with Crippen LogP contribution >= 0.6 is 0 Å². The SMILES string of the molecule is C=C=C(COC(C)=O)C(=O)O. The molecule has 0 amide bonds. The second-order valence-electron chi connectivity index (χ2n) is 1.74. The lowest BCUT2D eigenvalue weighted by Crippen LogP contribution is -2.09. The molecule has 60 valence electrons. The molecule has 0 saturated heterocycles. The van der Waals surface area contributed by atoms with Crippen molar-refractivity contribution in [3.05, 3.63) is 17.9 Å². The lowest BCUT2D eigenvalue weighted by atomic mass is 10.3. The van der Waals surface area contributed by atoms with Gasteiger partial charge in [-0.05, 0) is 0 Å². The van der Waals surface area contributed by atoms with Gasteiger partial charge in [0.15, 0.2) is 0 Å². The van der Waals surface area contributed by atoms with Gasteiger partial charge in [0.1, 0.15) is 12.2 Å². The number of carboxylic acids is 1. The monoisotopic (exact) mass is 156 g/mol. The summed E-state index contributed by atoms with van der Waals surface area (Å²) in [5.41, 5.74) is 1.99. The van der Waals surface area contributed by atoms with E-state index in [2.05, 4.69) is 17.0 Å². The van der Waals surface area contributed by atoms with Crippen LogP contribution in [0.25, 0.3) is 0 Å². The normalized spacial score (nSPS) is 8.09. The topological polar surface area (TPSA) is 63.6 Å². The predicted molar refractivity (Wildman–Crippen MR) is 36.9 cm³/mol. The maximum absolute atomic E-state index is 10.2. The van der Waals surface area contributed by atoms with Gasteiger partial charge >= 0.3 is 11.9 Å². The van der Waals surface area contributed by atoms with E-state index in [0.717, 1.165) is 0 Å². The van der Waals surface area contributed by atoms with Crippen LogP contribution in [0.3, 0.4) is 0 Å². The fraction of sp³-hybridized carbons (Fsp3) is 0.286. The molecular weight excluding hydrogens is 148 g/mol. The van der Waals surface area contributed by atoms with Crippen molar-refractivity contribution in [1.29, 1.82) is 0 Å². The van der Waals surface area contributed by atoms with Gasteiger partial charge in [-0.2, -0.15) is 0 Å². The lowest BCUT2D eigenvalue weighted by Gasteiger charge is -1.98. The average molecular weight is 156 g/mol. The number of hydrogen-bond donors (Lipinski definition) is 1. The summed E-state index contributed by atoms with van der Waals surface area (Å²) in [5, 5.41) is 8.36. The van der Waals surface area contributed by atoms with E-state index >= 15 is 0 Å². The number of carboxylic acid groups (broad SMARTS) is 1. The Morgan fingerprint density at radius 1 is 1.64 bits per heavy atom. The maximum atomic E-state index is 10.2. The van der Waals surface area contributed by atoms with Crippen LogP contribution in [-0.4, -0.2) is 23.7 Å². The second-order valence-corrected chi connectivity index (χ2v) is 1.74. The van der Waals surface area contributed by atoms with Crippen molar-refractivity contribution in [3.8, 4) is 0 Å². The van der Waals surface area contributed by atoms with Gasteiger partial charge in [0.05, 0.1) is 0 Å². The van der Waals surface area contributed by atoms with E-state index in [1.54, 1.807) is 0 Å². The van der Waals surface area contributed by atoms with Crippen LogP contribution in [0.2, 0.25) is 0 Å². The summed E-state index contributed by atoms with van der Waals surface area (Å²) in [6.07, 6.45) is 0. The summed E-state index contributed by atoms with van der Waals surface area (Å²) in [7, 11) is 0. The van der Waals surface area contributed by atoms with Gasteiger partial charge in [0, 0.05) is 6.92 Å². The first-order chi connectivity index (χ1) is 5.07. The van der Waals surface area contributed by atoms with E-state index in [1.165, 1.54) is 6.92 Å². The molecule has 0 bridgehead atoms. The molecule has 0 aliphatic heterocycles. The quantitative estimate of drug-likeness (QED) is 0.363. The molecule has 0 fully saturated rings. The van der Waals surface area contributed by atoms with E-state index in [0.29, 0.717) is 0 Å². The Morgan fingerprint density at radius 3 is 2.45 bits per heavy atom. The van der Waals surface area contributed by atoms with Crippen LogP contribution in [0.5, 0.6) is 0 Å². The lowest BCUT2D eigenvalue weighted by molar-refractivity contribution is -0.141. The molecule has 0 rings (SSSR count). The Bertz CT molecular complexity index is 223. The first-order valence-corrected chi connectivity index (χ1v) is 2.83. The highest BCUT2D eigenvalue weighted by Gasteiger charge is 2.06. The van der Waals surface area contributed by atoms with Gasteiger partial charge < -0.3 is 9.84 Å². The van der Waals surface area contributed by atoms with Crippen LogP contribution in [0, 0.1) is 0 Å². The number of carbonyl (C=O) groups excluding carboxylic acids is 1. The van der Waals surface area contributed by atoms with Crippen LogP contribution in [0.4, 0.5) is 0 Å². The van der Waals surface area contributed by atoms with Gasteiger partial charge in [0.25, 0.3) is 0 Å². The highest BCUT2D eigenvalue weighted by Crippen LogP contribution is 1.92. The summed E-state index contributed by atoms with van der Waals surface area (Å²) in [5.74, 6) is -1.71. The van der Waals surface area contributed by atoms with Gasteiger partial charge in [0.2, 0.25) is 0 Å². The molecule has 4 nitrogen and oxygen atoms in total. The van der Waals surface area contributed by atoms with Crippen molar-refractivity contribution in [2.75, 3.05) is 6.61 Å². The van der Waals surface area contributed by atoms with E-state index in [9.17, 15) is 9.59 Å². The van der Waals surface area contributed by atoms with E-state index in [1.807, 2.05) is 0 Å². The third-order valence-corrected chi connectivity index (χ3v) is 0.891. The van der Waals surface area contributed by atoms with Gasteiger partial charge in [-0.15, -0.1) is 5.73 Å². The van der Waals surface area contributed by atoms with E-state index < -0.39 is 11.9 Å². The third-order valence-electron chi connectivity index (χ3n) is 0.891. The average Bonchev–Trinajstić information content (AvgIpc) is 1.87. The molecule has 0 aliphatic rings. The fourth-order valence-electron chi connectivity index (χ4n) is 0.362. The number of hydrogen-bond acceptors (Lipinski definition) is 3. The number of rotatable bonds is 3. The van der Waals surface area contributed by atoms with Crippen molar-refractivity contribution < 1.29 is 19.4 Å². The molecule has 0 atom stereocenters. The van der Waals surface area contributed by atoms with Crippen LogP contribution < -0.4 is 0 Å². The highest BCUT2D eigenvalue weighted by molar-refractivity contribution is 5.86. The number of esters is 1. The molecule has 0 aliphatic carbocycles. The summed E-state index contributed by atoms with van der Waals surface area (Å²) in [6.45, 7) is 4.04. The molecule has 4 heteroatoms. The molecule has 11 heavy (non-hydrogen) atoms. The van der Waals surface area contributed by atoms with Crippen molar-refractivity contribution in [1.82, 2.24) is 0 Å². The largest absolute Gasteiger partial charge is 0.477 e. The maximum Gasteiger partial charge on any atom is 0.342 e. The zero-order valence-corrected chi connectivity index (χ0v) is 6.09. The minimum Gasteiger partial charge on any atom is -0.477 e. The molecule has 0 aromatic rings. The van der Waals surface area contributed by atoms with Crippen molar-refractivity contribution in [2.45, 2.75) is 6.92 Å². The Labute approximate surface area is 63.8 Å². The van der Waals surface area contributed by atoms with Crippen molar-refractivity contribution >= 4 is 11.9 Å². The Kier molecular flexibility index (Phi) is 3.70. The fourth-order valence-corrected chi connectivity index (χ4v) is 0.362. The molecule has 0 radical (unpaired) electrons. The molecule has 0 unspecified atom stereocenters. The Morgan fingerprint density at radius 2 is 2.18 bits per heavy atom. The minimum atomic E-state index is -1.18. The van der Waals surface area contributed by atoms with Gasteiger partial charge in [-0.1, -0.05) is 6.58 Å². The van der Waals surface area contributed by atoms with Gasteiger partial charge in [-0.3, -0.25) is 4.79 Å². The third kappa shape index (κ3) is 3.95. The molecule has 1 N–H and O–H groups in total. The van der Waals surface area contributed by atoms with E-state index in [4.69, 9.17) is 5.11 Å². The summed E-state index contributed by atoms with van der Waals surface area (Å²) >= 11 is 0. The molecule has 0 aromatic heterocycles. The zero-order chi connectivity index (χ0) is 8.85. The summed E-state index contributed by atoms with van der Waals surface area (Å²) in [6, 6.07) is 0. The van der Waals surface area contributed by atoms with Crippen molar-refractivity contribution in [2.24, 2.45) is 0 Å². The summed E-state index contributed by atoms with van der Waals surface area (Å²) < 4.78 is 4.40. The molecular formula is C7H8O4. The smallest absolute Gasteiger partial charge is 0.342 e. The second kappa shape index (κ2) is 4.30. The van der Waals surface area contributed by atoms with Crippen molar-refractivity contribution in [3.63, 3.8) is 0 Å². The predicted octanol–water partition coefficient (Wildman–Crippen LogP) is 0.345. The number of aliphatic carboxylic acids is 1. The number of ether oxygens (including phenoxy) is 1. The first kappa shape index (κ1) is 9.46. The first-order valence-electron chi connectivity index (χ1n) is 2.83. The summed E-state index contributed by atoms with van der Waals surface area (Å²) in [4.78, 5) is 20.4. The Balaban J connectivity index is 4.03. The van der Waals surface area contributed by atoms with Crippen LogP contribution in [0.1, 0.15) is 6.92 Å². The molecule has 0 spiro atoms. The molecule has 0 aromatic carbocycles. The van der Waals surface area contributed by atoms with Crippen LogP contribution in [0.15, 0.2) is 17.9 Å². The number of carbonyl (C=O) groups is 2. The van der Waals surface area contributed by atoms with Crippen LogP contribution in [-0.2, 0) is 14.3 Å². The van der Waals surface area contributed by atoms with E-state index in [-0.39, 0.29) is 12.2 Å². The Hall–Kier alpha value is -1.54. The standard InChI is InChI=1S/C7H8O4/c1-3-6(7(9)10)4-11-5(2)8/h1,4H2,2H3,(H,9,10).